The number of hydrogen-bond donors (Lipinski definition) is 1. The highest BCUT2D eigenvalue weighted by atomic mass is 35.5. The standard InChI is InChI=1S/C21H24ClN3O3S/c1-4-11-23-29(27,28)20-10-6-8-18(15-20)21(26)25(13-12-24(2)3)16-17-7-5-9-19(22)14-17/h1,5-10,14-15,23H,11-13,16H2,2-3H3. The van der Waals surface area contributed by atoms with Crippen LogP contribution in [0.4, 0.5) is 0 Å². The maximum absolute atomic E-state index is 13.2. The van der Waals surface area contributed by atoms with Gasteiger partial charge in [0.05, 0.1) is 11.4 Å². The van der Waals surface area contributed by atoms with E-state index < -0.39 is 10.0 Å². The minimum Gasteiger partial charge on any atom is -0.333 e. The first-order valence-electron chi connectivity index (χ1n) is 8.94. The van der Waals surface area contributed by atoms with Crippen molar-refractivity contribution in [3.8, 4) is 12.3 Å². The Bertz CT molecular complexity index is 1000. The van der Waals surface area contributed by atoms with E-state index in [2.05, 4.69) is 10.6 Å². The molecule has 29 heavy (non-hydrogen) atoms. The largest absolute Gasteiger partial charge is 0.333 e. The summed E-state index contributed by atoms with van der Waals surface area (Å²) in [5.41, 5.74) is 1.18. The number of halogens is 1. The number of nitrogens with zero attached hydrogens (tertiary/aromatic N) is 2. The third-order valence-corrected chi connectivity index (χ3v) is 5.76. The molecule has 0 heterocycles. The molecular formula is C21H24ClN3O3S. The summed E-state index contributed by atoms with van der Waals surface area (Å²) in [6.07, 6.45) is 5.12. The van der Waals surface area contributed by atoms with Crippen LogP contribution in [-0.2, 0) is 16.6 Å². The van der Waals surface area contributed by atoms with Crippen LogP contribution in [0.3, 0.4) is 0 Å². The van der Waals surface area contributed by atoms with E-state index in [-0.39, 0.29) is 22.9 Å². The van der Waals surface area contributed by atoms with E-state index in [0.717, 1.165) is 5.56 Å². The zero-order chi connectivity index (χ0) is 21.4. The molecule has 0 aliphatic heterocycles. The molecule has 0 aliphatic carbocycles. The Balaban J connectivity index is 2.30. The van der Waals surface area contributed by atoms with Crippen LogP contribution < -0.4 is 4.72 Å². The number of sulfonamides is 1. The van der Waals surface area contributed by atoms with Crippen LogP contribution in [0, 0.1) is 12.3 Å². The van der Waals surface area contributed by atoms with Gasteiger partial charge >= 0.3 is 0 Å². The fraction of sp³-hybridized carbons (Fsp3) is 0.286. The molecule has 0 unspecified atom stereocenters. The van der Waals surface area contributed by atoms with E-state index in [1.165, 1.54) is 12.1 Å². The first-order valence-corrected chi connectivity index (χ1v) is 10.8. The molecule has 2 rings (SSSR count). The van der Waals surface area contributed by atoms with Crippen molar-refractivity contribution in [1.29, 1.82) is 0 Å². The molecule has 0 spiro atoms. The van der Waals surface area contributed by atoms with E-state index in [9.17, 15) is 13.2 Å². The summed E-state index contributed by atoms with van der Waals surface area (Å²) in [7, 11) is 0.0627. The predicted molar refractivity (Wildman–Crippen MR) is 115 cm³/mol. The van der Waals surface area contributed by atoms with Gasteiger partial charge in [0.2, 0.25) is 10.0 Å². The highest BCUT2D eigenvalue weighted by Crippen LogP contribution is 2.17. The van der Waals surface area contributed by atoms with Crippen molar-refractivity contribution >= 4 is 27.5 Å². The molecule has 0 atom stereocenters. The monoisotopic (exact) mass is 433 g/mol. The molecule has 0 aromatic heterocycles. The zero-order valence-corrected chi connectivity index (χ0v) is 18.0. The number of nitrogens with one attached hydrogen (secondary N) is 1. The summed E-state index contributed by atoms with van der Waals surface area (Å²) >= 11 is 6.07. The van der Waals surface area contributed by atoms with Gasteiger partial charge in [0.15, 0.2) is 0 Å². The quantitative estimate of drug-likeness (QED) is 0.617. The van der Waals surface area contributed by atoms with Crippen molar-refractivity contribution in [2.24, 2.45) is 0 Å². The van der Waals surface area contributed by atoms with Crippen LogP contribution in [0.1, 0.15) is 15.9 Å². The van der Waals surface area contributed by atoms with Gasteiger partial charge in [0.1, 0.15) is 0 Å². The number of carbonyl (C=O) groups is 1. The van der Waals surface area contributed by atoms with Crippen molar-refractivity contribution in [3.05, 3.63) is 64.7 Å². The lowest BCUT2D eigenvalue weighted by Crippen LogP contribution is -2.36. The van der Waals surface area contributed by atoms with Crippen LogP contribution >= 0.6 is 11.6 Å². The van der Waals surface area contributed by atoms with Gasteiger partial charge in [0.25, 0.3) is 5.91 Å². The van der Waals surface area contributed by atoms with Gasteiger partial charge in [-0.05, 0) is 50.0 Å². The Kier molecular flexibility index (Phi) is 8.23. The second-order valence-electron chi connectivity index (χ2n) is 6.72. The maximum atomic E-state index is 13.2. The van der Waals surface area contributed by atoms with Crippen LogP contribution in [-0.4, -0.2) is 57.9 Å². The summed E-state index contributed by atoms with van der Waals surface area (Å²) in [5.74, 6) is 1.96. The molecule has 0 saturated carbocycles. The molecule has 0 saturated heterocycles. The second-order valence-corrected chi connectivity index (χ2v) is 8.92. The lowest BCUT2D eigenvalue weighted by atomic mass is 10.1. The number of amides is 1. The van der Waals surface area contributed by atoms with Gasteiger partial charge in [-0.15, -0.1) is 6.42 Å². The van der Waals surface area contributed by atoms with E-state index in [1.807, 2.05) is 37.2 Å². The fourth-order valence-electron chi connectivity index (χ4n) is 2.63. The normalized spacial score (nSPS) is 11.3. The molecule has 0 bridgehead atoms. The van der Waals surface area contributed by atoms with Gasteiger partial charge in [-0.25, -0.2) is 8.42 Å². The van der Waals surface area contributed by atoms with Crippen LogP contribution in [0.25, 0.3) is 0 Å². The number of terminal acetylenes is 1. The Morgan fingerprint density at radius 3 is 2.52 bits per heavy atom. The summed E-state index contributed by atoms with van der Waals surface area (Å²) in [6.45, 7) is 1.38. The first-order chi connectivity index (χ1) is 13.7. The lowest BCUT2D eigenvalue weighted by molar-refractivity contribution is 0.0731. The number of rotatable bonds is 9. The van der Waals surface area contributed by atoms with E-state index in [1.54, 1.807) is 23.1 Å². The minimum atomic E-state index is -3.78. The van der Waals surface area contributed by atoms with Gasteiger partial charge < -0.3 is 9.80 Å². The highest BCUT2D eigenvalue weighted by Gasteiger charge is 2.20. The van der Waals surface area contributed by atoms with Crippen molar-refractivity contribution in [1.82, 2.24) is 14.5 Å². The first kappa shape index (κ1) is 22.9. The smallest absolute Gasteiger partial charge is 0.254 e. The topological polar surface area (TPSA) is 69.7 Å². The Morgan fingerprint density at radius 2 is 1.86 bits per heavy atom. The molecule has 8 heteroatoms. The molecule has 1 N–H and O–H groups in total. The summed E-state index contributed by atoms with van der Waals surface area (Å²) in [4.78, 5) is 16.8. The number of carbonyl (C=O) groups excluding carboxylic acids is 1. The average Bonchev–Trinajstić information content (AvgIpc) is 2.69. The Labute approximate surface area is 177 Å². The lowest BCUT2D eigenvalue weighted by Gasteiger charge is -2.25. The van der Waals surface area contributed by atoms with Crippen LogP contribution in [0.15, 0.2) is 53.4 Å². The molecule has 1 amide bonds. The average molecular weight is 434 g/mol. The highest BCUT2D eigenvalue weighted by molar-refractivity contribution is 7.89. The molecule has 2 aromatic rings. The van der Waals surface area contributed by atoms with Crippen molar-refractivity contribution < 1.29 is 13.2 Å². The molecule has 0 aliphatic rings. The van der Waals surface area contributed by atoms with Crippen molar-refractivity contribution in [2.75, 3.05) is 33.7 Å². The molecular weight excluding hydrogens is 410 g/mol. The van der Waals surface area contributed by atoms with Gasteiger partial charge in [-0.3, -0.25) is 4.79 Å². The van der Waals surface area contributed by atoms with Gasteiger partial charge in [-0.2, -0.15) is 4.72 Å². The van der Waals surface area contributed by atoms with Crippen molar-refractivity contribution in [2.45, 2.75) is 11.4 Å². The predicted octanol–water partition coefficient (Wildman–Crippen LogP) is 2.46. The van der Waals surface area contributed by atoms with E-state index in [0.29, 0.717) is 24.7 Å². The summed E-state index contributed by atoms with van der Waals surface area (Å²) in [5, 5.41) is 0.593. The van der Waals surface area contributed by atoms with E-state index in [4.69, 9.17) is 18.0 Å². The molecule has 154 valence electrons. The van der Waals surface area contributed by atoms with Crippen LogP contribution in [0.5, 0.6) is 0 Å². The molecule has 0 fully saturated rings. The molecule has 6 nitrogen and oxygen atoms in total. The summed E-state index contributed by atoms with van der Waals surface area (Å²) < 4.78 is 26.9. The van der Waals surface area contributed by atoms with Crippen LogP contribution in [0.2, 0.25) is 5.02 Å². The Hall–Kier alpha value is -2.37. The second kappa shape index (κ2) is 10.4. The number of likely N-dealkylation sites (N-methyl/N-ethyl adjacent to an activating group) is 1. The maximum Gasteiger partial charge on any atom is 0.254 e. The minimum absolute atomic E-state index is 0.00563. The third-order valence-electron chi connectivity index (χ3n) is 4.12. The van der Waals surface area contributed by atoms with E-state index >= 15 is 0 Å². The zero-order valence-electron chi connectivity index (χ0n) is 16.4. The Morgan fingerprint density at radius 1 is 1.14 bits per heavy atom. The third kappa shape index (κ3) is 6.87. The van der Waals surface area contributed by atoms with Gasteiger partial charge in [-0.1, -0.05) is 35.7 Å². The number of benzene rings is 2. The fourth-order valence-corrected chi connectivity index (χ4v) is 3.82. The SMILES string of the molecule is C#CCNS(=O)(=O)c1cccc(C(=O)N(CCN(C)C)Cc2cccc(Cl)c2)c1. The van der Waals surface area contributed by atoms with Gasteiger partial charge in [0, 0.05) is 30.2 Å². The summed E-state index contributed by atoms with van der Waals surface area (Å²) in [6, 6.07) is 13.2. The van der Waals surface area contributed by atoms with Crippen molar-refractivity contribution in [3.63, 3.8) is 0 Å². The number of hydrogen-bond acceptors (Lipinski definition) is 4. The molecule has 0 radical (unpaired) electrons. The molecule has 2 aromatic carbocycles.